The monoisotopic (exact) mass is 441 g/mol. The Bertz CT molecular complexity index is 991. The molecule has 162 valence electrons. The van der Waals surface area contributed by atoms with Gasteiger partial charge in [0.05, 0.1) is 10.5 Å². The van der Waals surface area contributed by atoms with Gasteiger partial charge in [-0.05, 0) is 42.7 Å². The standard InChI is InChI=1S/C20H22F3N3O3S/c1-30(28,29)17-6-2-14(3-7-17)4-9-19(27)25-16-10-11-26(13-16)18-8-5-15(12-24-18)20(21,22)23/h2-3,5-8,12,16H,4,9-11,13H2,1H3,(H,25,27). The van der Waals surface area contributed by atoms with Crippen LogP contribution >= 0.6 is 0 Å². The molecule has 1 unspecified atom stereocenters. The predicted molar refractivity (Wildman–Crippen MR) is 106 cm³/mol. The molecule has 0 radical (unpaired) electrons. The number of amides is 1. The van der Waals surface area contributed by atoms with Crippen LogP contribution in [0.3, 0.4) is 0 Å². The van der Waals surface area contributed by atoms with Crippen LogP contribution in [-0.4, -0.2) is 44.7 Å². The van der Waals surface area contributed by atoms with Crippen LogP contribution in [0, 0.1) is 0 Å². The van der Waals surface area contributed by atoms with E-state index in [1.807, 2.05) is 4.90 Å². The van der Waals surface area contributed by atoms with Crippen molar-refractivity contribution in [3.05, 3.63) is 53.7 Å². The number of carbonyl (C=O) groups is 1. The van der Waals surface area contributed by atoms with Crippen molar-refractivity contribution in [1.82, 2.24) is 10.3 Å². The average molecular weight is 441 g/mol. The zero-order valence-corrected chi connectivity index (χ0v) is 17.1. The molecule has 10 heteroatoms. The molecule has 1 N–H and O–H groups in total. The highest BCUT2D eigenvalue weighted by Crippen LogP contribution is 2.29. The lowest BCUT2D eigenvalue weighted by Crippen LogP contribution is -2.37. The summed E-state index contributed by atoms with van der Waals surface area (Å²) in [5.74, 6) is 0.320. The van der Waals surface area contributed by atoms with Crippen molar-refractivity contribution in [3.63, 3.8) is 0 Å². The van der Waals surface area contributed by atoms with Crippen LogP contribution in [0.4, 0.5) is 19.0 Å². The number of carbonyl (C=O) groups excluding carboxylic acids is 1. The Morgan fingerprint density at radius 1 is 1.20 bits per heavy atom. The van der Waals surface area contributed by atoms with Crippen LogP contribution in [-0.2, 0) is 27.2 Å². The molecule has 0 saturated carbocycles. The predicted octanol–water partition coefficient (Wildman–Crippen LogP) is 2.83. The first-order valence-electron chi connectivity index (χ1n) is 9.39. The van der Waals surface area contributed by atoms with E-state index in [9.17, 15) is 26.4 Å². The summed E-state index contributed by atoms with van der Waals surface area (Å²) in [6.07, 6.45) is -1.05. The third-order valence-electron chi connectivity index (χ3n) is 4.94. The molecule has 1 amide bonds. The van der Waals surface area contributed by atoms with Crippen LogP contribution in [0.15, 0.2) is 47.5 Å². The van der Waals surface area contributed by atoms with Crippen molar-refractivity contribution >= 4 is 21.6 Å². The van der Waals surface area contributed by atoms with Gasteiger partial charge < -0.3 is 10.2 Å². The van der Waals surface area contributed by atoms with Gasteiger partial charge in [0.2, 0.25) is 5.91 Å². The molecule has 1 fully saturated rings. The fourth-order valence-electron chi connectivity index (χ4n) is 3.29. The fourth-order valence-corrected chi connectivity index (χ4v) is 3.92. The molecule has 6 nitrogen and oxygen atoms in total. The summed E-state index contributed by atoms with van der Waals surface area (Å²) in [4.78, 5) is 18.2. The first kappa shape index (κ1) is 22.1. The number of sulfone groups is 1. The van der Waals surface area contributed by atoms with Crippen LogP contribution in [0.5, 0.6) is 0 Å². The fraction of sp³-hybridized carbons (Fsp3) is 0.400. The van der Waals surface area contributed by atoms with Crippen molar-refractivity contribution in [1.29, 1.82) is 0 Å². The average Bonchev–Trinajstić information content (AvgIpc) is 3.14. The van der Waals surface area contributed by atoms with Crippen molar-refractivity contribution in [3.8, 4) is 0 Å². The maximum atomic E-state index is 12.6. The highest BCUT2D eigenvalue weighted by atomic mass is 32.2. The SMILES string of the molecule is CS(=O)(=O)c1ccc(CCC(=O)NC2CCN(c3ccc(C(F)(F)F)cn3)C2)cc1. The number of rotatable bonds is 6. The van der Waals surface area contributed by atoms with Crippen LogP contribution in [0.2, 0.25) is 0 Å². The van der Waals surface area contributed by atoms with Crippen molar-refractivity contribution in [2.24, 2.45) is 0 Å². The Hall–Kier alpha value is -2.62. The van der Waals surface area contributed by atoms with E-state index >= 15 is 0 Å². The van der Waals surface area contributed by atoms with E-state index in [2.05, 4.69) is 10.3 Å². The molecule has 2 heterocycles. The van der Waals surface area contributed by atoms with Crippen LogP contribution in [0.25, 0.3) is 0 Å². The molecule has 0 bridgehead atoms. The molecule has 1 saturated heterocycles. The van der Waals surface area contributed by atoms with E-state index in [4.69, 9.17) is 0 Å². The second-order valence-electron chi connectivity index (χ2n) is 7.32. The van der Waals surface area contributed by atoms with E-state index in [-0.39, 0.29) is 23.3 Å². The summed E-state index contributed by atoms with van der Waals surface area (Å²) in [6.45, 7) is 1.07. The van der Waals surface area contributed by atoms with Gasteiger partial charge in [0.1, 0.15) is 5.82 Å². The van der Waals surface area contributed by atoms with Crippen LogP contribution < -0.4 is 10.2 Å². The van der Waals surface area contributed by atoms with E-state index in [0.717, 1.165) is 24.1 Å². The maximum Gasteiger partial charge on any atom is 0.417 e. The Balaban J connectivity index is 1.47. The highest BCUT2D eigenvalue weighted by molar-refractivity contribution is 7.90. The Kier molecular flexibility index (Phi) is 6.35. The summed E-state index contributed by atoms with van der Waals surface area (Å²) >= 11 is 0. The quantitative estimate of drug-likeness (QED) is 0.746. The summed E-state index contributed by atoms with van der Waals surface area (Å²) < 4.78 is 60.9. The van der Waals surface area contributed by atoms with Gasteiger partial charge in [-0.1, -0.05) is 12.1 Å². The molecule has 30 heavy (non-hydrogen) atoms. The molecule has 1 aliphatic heterocycles. The number of alkyl halides is 3. The Labute approximate surface area is 173 Å². The number of aryl methyl sites for hydroxylation is 1. The molecular formula is C20H22F3N3O3S. The normalized spacial score (nSPS) is 17.2. The number of pyridine rings is 1. The maximum absolute atomic E-state index is 12.6. The Morgan fingerprint density at radius 2 is 1.90 bits per heavy atom. The third-order valence-corrected chi connectivity index (χ3v) is 6.07. The van der Waals surface area contributed by atoms with Gasteiger partial charge in [0.15, 0.2) is 9.84 Å². The topological polar surface area (TPSA) is 79.4 Å². The zero-order valence-electron chi connectivity index (χ0n) is 16.3. The summed E-state index contributed by atoms with van der Waals surface area (Å²) in [6, 6.07) is 8.67. The second kappa shape index (κ2) is 8.63. The van der Waals surface area contributed by atoms with Crippen molar-refractivity contribution < 1.29 is 26.4 Å². The van der Waals surface area contributed by atoms with E-state index < -0.39 is 21.6 Å². The van der Waals surface area contributed by atoms with Crippen molar-refractivity contribution in [2.75, 3.05) is 24.2 Å². The number of anilines is 1. The minimum absolute atomic E-state index is 0.103. The summed E-state index contributed by atoms with van der Waals surface area (Å²) in [5.41, 5.74) is 0.0689. The number of benzene rings is 1. The molecule has 1 aromatic carbocycles. The van der Waals surface area contributed by atoms with Gasteiger partial charge in [-0.25, -0.2) is 13.4 Å². The molecule has 1 atom stereocenters. The number of hydrogen-bond donors (Lipinski definition) is 1. The van der Waals surface area contributed by atoms with Crippen molar-refractivity contribution in [2.45, 2.75) is 36.4 Å². The lowest BCUT2D eigenvalue weighted by atomic mass is 10.1. The number of hydrogen-bond acceptors (Lipinski definition) is 5. The first-order chi connectivity index (χ1) is 14.0. The third kappa shape index (κ3) is 5.71. The van der Waals surface area contributed by atoms with Gasteiger partial charge in [-0.15, -0.1) is 0 Å². The lowest BCUT2D eigenvalue weighted by Gasteiger charge is -2.18. The van der Waals surface area contributed by atoms with Gasteiger partial charge >= 0.3 is 6.18 Å². The highest BCUT2D eigenvalue weighted by Gasteiger charge is 2.31. The first-order valence-corrected chi connectivity index (χ1v) is 11.3. The Morgan fingerprint density at radius 3 is 2.47 bits per heavy atom. The van der Waals surface area contributed by atoms with Crippen LogP contribution in [0.1, 0.15) is 24.0 Å². The number of aromatic nitrogens is 1. The summed E-state index contributed by atoms with van der Waals surface area (Å²) in [5, 5.41) is 2.94. The molecular weight excluding hydrogens is 419 g/mol. The smallest absolute Gasteiger partial charge is 0.354 e. The largest absolute Gasteiger partial charge is 0.417 e. The van der Waals surface area contributed by atoms with E-state index in [0.29, 0.717) is 31.7 Å². The molecule has 2 aromatic rings. The number of nitrogens with one attached hydrogen (secondary N) is 1. The van der Waals surface area contributed by atoms with E-state index in [1.54, 1.807) is 12.1 Å². The molecule has 1 aromatic heterocycles. The van der Waals surface area contributed by atoms with E-state index in [1.165, 1.54) is 18.2 Å². The van der Waals surface area contributed by atoms with Gasteiger partial charge in [-0.3, -0.25) is 4.79 Å². The number of halogens is 3. The zero-order chi connectivity index (χ0) is 21.9. The second-order valence-corrected chi connectivity index (χ2v) is 9.33. The van der Waals surface area contributed by atoms with Gasteiger partial charge in [0, 0.05) is 38.0 Å². The molecule has 1 aliphatic rings. The lowest BCUT2D eigenvalue weighted by molar-refractivity contribution is -0.137. The molecule has 0 aliphatic carbocycles. The minimum atomic E-state index is -4.42. The minimum Gasteiger partial charge on any atom is -0.354 e. The van der Waals surface area contributed by atoms with Gasteiger partial charge in [-0.2, -0.15) is 13.2 Å². The van der Waals surface area contributed by atoms with Gasteiger partial charge in [0.25, 0.3) is 0 Å². The molecule has 3 rings (SSSR count). The summed E-state index contributed by atoms with van der Waals surface area (Å²) in [7, 11) is -3.25. The molecule has 0 spiro atoms. The number of nitrogens with zero attached hydrogens (tertiary/aromatic N) is 2.